The number of hydrogen-bond acceptors (Lipinski definition) is 3. The van der Waals surface area contributed by atoms with Gasteiger partial charge in [-0.1, -0.05) is 13.8 Å². The van der Waals surface area contributed by atoms with Crippen molar-refractivity contribution in [3.63, 3.8) is 0 Å². The minimum Gasteiger partial charge on any atom is -0.394 e. The highest BCUT2D eigenvalue weighted by molar-refractivity contribution is 5.78. The molecular formula is C11H24N2O2. The van der Waals surface area contributed by atoms with E-state index < -0.39 is 0 Å². The predicted molar refractivity (Wildman–Crippen MR) is 61.6 cm³/mol. The molecule has 0 heterocycles. The molecule has 4 heteroatoms. The molecule has 0 atom stereocenters. The summed E-state index contributed by atoms with van der Waals surface area (Å²) in [7, 11) is 1.84. The van der Waals surface area contributed by atoms with Crippen LogP contribution in [0.5, 0.6) is 0 Å². The quantitative estimate of drug-likeness (QED) is 0.678. The van der Waals surface area contributed by atoms with Gasteiger partial charge in [0.05, 0.1) is 13.2 Å². The topological polar surface area (TPSA) is 52.6 Å². The first-order valence-corrected chi connectivity index (χ1v) is 5.38. The second-order valence-corrected chi connectivity index (χ2v) is 5.02. The Morgan fingerprint density at radius 2 is 2.00 bits per heavy atom. The summed E-state index contributed by atoms with van der Waals surface area (Å²) in [6.45, 7) is 8.99. The third kappa shape index (κ3) is 5.74. The Morgan fingerprint density at radius 3 is 2.40 bits per heavy atom. The van der Waals surface area contributed by atoms with E-state index in [1.165, 1.54) is 0 Å². The van der Waals surface area contributed by atoms with Crippen LogP contribution >= 0.6 is 0 Å². The Bertz CT molecular complexity index is 203. The number of nitrogens with zero attached hydrogens (tertiary/aromatic N) is 1. The van der Waals surface area contributed by atoms with Gasteiger partial charge in [-0.05, 0) is 26.8 Å². The normalized spacial score (nSPS) is 12.3. The van der Waals surface area contributed by atoms with Gasteiger partial charge in [-0.15, -0.1) is 0 Å². The van der Waals surface area contributed by atoms with Crippen LogP contribution in [0.3, 0.4) is 0 Å². The maximum absolute atomic E-state index is 11.5. The summed E-state index contributed by atoms with van der Waals surface area (Å²) < 4.78 is 0. The van der Waals surface area contributed by atoms with E-state index in [4.69, 9.17) is 5.11 Å². The molecular weight excluding hydrogens is 192 g/mol. The average molecular weight is 216 g/mol. The molecule has 4 nitrogen and oxygen atoms in total. The maximum Gasteiger partial charge on any atom is 0.234 e. The zero-order valence-corrected chi connectivity index (χ0v) is 10.5. The van der Waals surface area contributed by atoms with E-state index in [2.05, 4.69) is 19.2 Å². The minimum absolute atomic E-state index is 0.00715. The van der Waals surface area contributed by atoms with Gasteiger partial charge in [0, 0.05) is 12.1 Å². The lowest BCUT2D eigenvalue weighted by atomic mass is 10.1. The summed E-state index contributed by atoms with van der Waals surface area (Å²) in [4.78, 5) is 13.3. The summed E-state index contributed by atoms with van der Waals surface area (Å²) in [5.41, 5.74) is -0.352. The van der Waals surface area contributed by atoms with Gasteiger partial charge in [-0.2, -0.15) is 0 Å². The SMILES string of the molecule is CC(C)CNC(=O)CN(C)C(C)(C)CO. The number of hydrogen-bond donors (Lipinski definition) is 2. The van der Waals surface area contributed by atoms with E-state index in [9.17, 15) is 4.79 Å². The van der Waals surface area contributed by atoms with Crippen molar-refractivity contribution in [2.75, 3.05) is 26.7 Å². The molecule has 0 spiro atoms. The summed E-state index contributed by atoms with van der Waals surface area (Å²) >= 11 is 0. The minimum atomic E-state index is -0.352. The second kappa shape index (κ2) is 6.08. The standard InChI is InChI=1S/C11H24N2O2/c1-9(2)6-12-10(15)7-13(5)11(3,4)8-14/h9,14H,6-8H2,1-5H3,(H,12,15). The number of likely N-dealkylation sites (N-methyl/N-ethyl adjacent to an activating group) is 1. The highest BCUT2D eigenvalue weighted by Gasteiger charge is 2.23. The molecule has 0 saturated heterocycles. The van der Waals surface area contributed by atoms with Gasteiger partial charge in [-0.25, -0.2) is 0 Å². The zero-order chi connectivity index (χ0) is 12.1. The lowest BCUT2D eigenvalue weighted by Gasteiger charge is -2.33. The predicted octanol–water partition coefficient (Wildman–Crippen LogP) is 0.461. The Kier molecular flexibility index (Phi) is 5.83. The molecule has 0 rings (SSSR count). The smallest absolute Gasteiger partial charge is 0.234 e. The maximum atomic E-state index is 11.5. The highest BCUT2D eigenvalue weighted by atomic mass is 16.3. The van der Waals surface area contributed by atoms with Crippen molar-refractivity contribution in [3.8, 4) is 0 Å². The van der Waals surface area contributed by atoms with Gasteiger partial charge in [0.15, 0.2) is 0 Å². The summed E-state index contributed by atoms with van der Waals surface area (Å²) in [5, 5.41) is 12.0. The van der Waals surface area contributed by atoms with E-state index in [1.807, 2.05) is 25.8 Å². The Labute approximate surface area is 92.7 Å². The van der Waals surface area contributed by atoms with Crippen molar-refractivity contribution in [2.45, 2.75) is 33.2 Å². The Balaban J connectivity index is 3.96. The van der Waals surface area contributed by atoms with E-state index in [0.29, 0.717) is 19.0 Å². The van der Waals surface area contributed by atoms with E-state index >= 15 is 0 Å². The summed E-state index contributed by atoms with van der Waals surface area (Å²) in [5.74, 6) is 0.470. The molecule has 2 N–H and O–H groups in total. The van der Waals surface area contributed by atoms with Crippen LogP contribution in [0.15, 0.2) is 0 Å². The van der Waals surface area contributed by atoms with Crippen LogP contribution in [-0.2, 0) is 4.79 Å². The Hall–Kier alpha value is -0.610. The first kappa shape index (κ1) is 14.4. The third-order valence-corrected chi connectivity index (χ3v) is 2.51. The molecule has 0 radical (unpaired) electrons. The number of amides is 1. The van der Waals surface area contributed by atoms with Crippen molar-refractivity contribution >= 4 is 5.91 Å². The first-order valence-electron chi connectivity index (χ1n) is 5.38. The molecule has 0 saturated carbocycles. The fourth-order valence-electron chi connectivity index (χ4n) is 0.924. The fraction of sp³-hybridized carbons (Fsp3) is 0.909. The van der Waals surface area contributed by atoms with E-state index in [0.717, 1.165) is 0 Å². The van der Waals surface area contributed by atoms with Gasteiger partial charge in [0.25, 0.3) is 0 Å². The van der Waals surface area contributed by atoms with Crippen molar-refractivity contribution in [2.24, 2.45) is 5.92 Å². The van der Waals surface area contributed by atoms with Gasteiger partial charge in [-0.3, -0.25) is 9.69 Å². The second-order valence-electron chi connectivity index (χ2n) is 5.02. The van der Waals surface area contributed by atoms with Crippen LogP contribution in [0.2, 0.25) is 0 Å². The van der Waals surface area contributed by atoms with E-state index in [1.54, 1.807) is 0 Å². The summed E-state index contributed by atoms with van der Waals surface area (Å²) in [6.07, 6.45) is 0. The first-order chi connectivity index (χ1) is 6.79. The lowest BCUT2D eigenvalue weighted by Crippen LogP contribution is -2.49. The van der Waals surface area contributed by atoms with E-state index in [-0.39, 0.29) is 18.1 Å². The number of aliphatic hydroxyl groups is 1. The monoisotopic (exact) mass is 216 g/mol. The molecule has 0 aliphatic carbocycles. The molecule has 0 unspecified atom stereocenters. The van der Waals surface area contributed by atoms with Crippen LogP contribution in [0.4, 0.5) is 0 Å². The van der Waals surface area contributed by atoms with Crippen molar-refractivity contribution in [1.29, 1.82) is 0 Å². The van der Waals surface area contributed by atoms with Gasteiger partial charge in [0.2, 0.25) is 5.91 Å². The summed E-state index contributed by atoms with van der Waals surface area (Å²) in [6, 6.07) is 0. The van der Waals surface area contributed by atoms with Crippen LogP contribution in [0, 0.1) is 5.92 Å². The third-order valence-electron chi connectivity index (χ3n) is 2.51. The molecule has 1 amide bonds. The number of carbonyl (C=O) groups is 1. The van der Waals surface area contributed by atoms with Crippen LogP contribution in [0.1, 0.15) is 27.7 Å². The van der Waals surface area contributed by atoms with Crippen molar-refractivity contribution in [3.05, 3.63) is 0 Å². The molecule has 90 valence electrons. The number of carbonyl (C=O) groups excluding carboxylic acids is 1. The molecule has 0 aliphatic rings. The van der Waals surface area contributed by atoms with Crippen LogP contribution in [0.25, 0.3) is 0 Å². The fourth-order valence-corrected chi connectivity index (χ4v) is 0.924. The molecule has 0 fully saturated rings. The average Bonchev–Trinajstić information content (AvgIpc) is 2.14. The highest BCUT2D eigenvalue weighted by Crippen LogP contribution is 2.09. The van der Waals surface area contributed by atoms with Gasteiger partial charge < -0.3 is 10.4 Å². The zero-order valence-electron chi connectivity index (χ0n) is 10.5. The van der Waals surface area contributed by atoms with Crippen molar-refractivity contribution in [1.82, 2.24) is 10.2 Å². The molecule has 0 aromatic rings. The Morgan fingerprint density at radius 1 is 1.47 bits per heavy atom. The largest absolute Gasteiger partial charge is 0.394 e. The molecule has 0 aliphatic heterocycles. The number of aliphatic hydroxyl groups excluding tert-OH is 1. The van der Waals surface area contributed by atoms with Gasteiger partial charge in [0.1, 0.15) is 0 Å². The van der Waals surface area contributed by atoms with Crippen LogP contribution in [-0.4, -0.2) is 48.2 Å². The molecule has 0 bridgehead atoms. The molecule has 15 heavy (non-hydrogen) atoms. The van der Waals surface area contributed by atoms with Crippen LogP contribution < -0.4 is 5.32 Å². The molecule has 0 aromatic heterocycles. The van der Waals surface area contributed by atoms with Gasteiger partial charge >= 0.3 is 0 Å². The molecule has 0 aromatic carbocycles. The number of nitrogens with one attached hydrogen (secondary N) is 1. The lowest BCUT2D eigenvalue weighted by molar-refractivity contribution is -0.123. The van der Waals surface area contributed by atoms with Crippen molar-refractivity contribution < 1.29 is 9.90 Å². The number of rotatable bonds is 6.